The largest absolute Gasteiger partial charge is 0.394 e. The second-order valence-electron chi connectivity index (χ2n) is 4.41. The molecule has 1 aliphatic heterocycles. The average Bonchev–Trinajstić information content (AvgIpc) is 2.46. The number of hydrogen-bond donors (Lipinski definition) is 2. The maximum Gasteiger partial charge on any atom is 0.274 e. The number of nitrogens with two attached hydrogens (primary N) is 1. The zero-order chi connectivity index (χ0) is 13.7. The Bertz CT molecular complexity index is 415. The van der Waals surface area contributed by atoms with Crippen LogP contribution in [-0.2, 0) is 4.74 Å². The van der Waals surface area contributed by atoms with Crippen molar-refractivity contribution in [3.05, 3.63) is 18.1 Å². The molecule has 0 saturated carbocycles. The van der Waals surface area contributed by atoms with Gasteiger partial charge in [0, 0.05) is 13.1 Å². The van der Waals surface area contributed by atoms with Gasteiger partial charge in [0.1, 0.15) is 11.5 Å². The van der Waals surface area contributed by atoms with Crippen LogP contribution in [0.15, 0.2) is 12.4 Å². The van der Waals surface area contributed by atoms with E-state index in [0.717, 1.165) is 12.8 Å². The Hall–Kier alpha value is -1.73. The Morgan fingerprint density at radius 1 is 1.42 bits per heavy atom. The molecule has 1 aromatic rings. The molecular formula is C12H18N4O3. The van der Waals surface area contributed by atoms with Gasteiger partial charge in [-0.25, -0.2) is 9.97 Å². The first kappa shape index (κ1) is 13.7. The molecule has 1 aliphatic rings. The number of rotatable bonds is 4. The van der Waals surface area contributed by atoms with Crippen LogP contribution in [0.2, 0.25) is 0 Å². The van der Waals surface area contributed by atoms with Crippen LogP contribution < -0.4 is 5.73 Å². The van der Waals surface area contributed by atoms with Crippen LogP contribution in [0.1, 0.15) is 23.3 Å². The zero-order valence-electron chi connectivity index (χ0n) is 10.7. The van der Waals surface area contributed by atoms with Crippen molar-refractivity contribution < 1.29 is 14.6 Å². The lowest BCUT2D eigenvalue weighted by Crippen LogP contribution is -2.41. The molecule has 0 aromatic carbocycles. The summed E-state index contributed by atoms with van der Waals surface area (Å²) in [5.74, 6) is 0.167. The number of nitrogen functional groups attached to an aromatic ring is 1. The van der Waals surface area contributed by atoms with Crippen LogP contribution in [0.4, 0.5) is 5.82 Å². The molecule has 1 fully saturated rings. The van der Waals surface area contributed by atoms with E-state index in [4.69, 9.17) is 15.6 Å². The first-order valence-electron chi connectivity index (χ1n) is 6.30. The van der Waals surface area contributed by atoms with Crippen molar-refractivity contribution in [1.82, 2.24) is 14.9 Å². The quantitative estimate of drug-likeness (QED) is 0.774. The summed E-state index contributed by atoms with van der Waals surface area (Å²) in [6, 6.07) is 0. The summed E-state index contributed by atoms with van der Waals surface area (Å²) in [6.45, 7) is 1.63. The summed E-state index contributed by atoms with van der Waals surface area (Å²) in [5, 5.41) is 8.69. The van der Waals surface area contributed by atoms with E-state index in [0.29, 0.717) is 31.2 Å². The van der Waals surface area contributed by atoms with Gasteiger partial charge in [0.15, 0.2) is 0 Å². The highest BCUT2D eigenvalue weighted by Crippen LogP contribution is 2.15. The fourth-order valence-electron chi connectivity index (χ4n) is 2.06. The minimum atomic E-state index is -0.131. The van der Waals surface area contributed by atoms with Crippen molar-refractivity contribution in [3.63, 3.8) is 0 Å². The lowest BCUT2D eigenvalue weighted by Gasteiger charge is -2.31. The van der Waals surface area contributed by atoms with Crippen molar-refractivity contribution in [2.75, 3.05) is 32.0 Å². The number of ether oxygens (including phenoxy) is 1. The number of aliphatic hydroxyl groups is 1. The topological polar surface area (TPSA) is 102 Å². The van der Waals surface area contributed by atoms with Crippen LogP contribution in [0.25, 0.3) is 0 Å². The summed E-state index contributed by atoms with van der Waals surface area (Å²) in [6.07, 6.45) is 4.44. The summed E-state index contributed by atoms with van der Waals surface area (Å²) in [7, 11) is 0. The second-order valence-corrected chi connectivity index (χ2v) is 4.41. The van der Waals surface area contributed by atoms with Crippen LogP contribution in [0, 0.1) is 0 Å². The fraction of sp³-hybridized carbons (Fsp3) is 0.583. The van der Waals surface area contributed by atoms with Gasteiger partial charge >= 0.3 is 0 Å². The van der Waals surface area contributed by atoms with Crippen LogP contribution in [-0.4, -0.2) is 58.3 Å². The van der Waals surface area contributed by atoms with Gasteiger partial charge in [-0.15, -0.1) is 0 Å². The van der Waals surface area contributed by atoms with Crippen LogP contribution in [0.3, 0.4) is 0 Å². The van der Waals surface area contributed by atoms with E-state index in [2.05, 4.69) is 9.97 Å². The van der Waals surface area contributed by atoms with Crippen LogP contribution in [0.5, 0.6) is 0 Å². The number of carbonyl (C=O) groups excluding carboxylic acids is 1. The average molecular weight is 266 g/mol. The molecule has 2 heterocycles. The molecule has 7 nitrogen and oxygen atoms in total. The van der Waals surface area contributed by atoms with E-state index in [1.54, 1.807) is 4.90 Å². The molecular weight excluding hydrogens is 248 g/mol. The Morgan fingerprint density at radius 3 is 2.74 bits per heavy atom. The van der Waals surface area contributed by atoms with Crippen molar-refractivity contribution >= 4 is 11.7 Å². The smallest absolute Gasteiger partial charge is 0.274 e. The molecule has 0 atom stereocenters. The van der Waals surface area contributed by atoms with Gasteiger partial charge < -0.3 is 20.5 Å². The highest BCUT2D eigenvalue weighted by Gasteiger charge is 2.24. The number of aliphatic hydroxyl groups excluding tert-OH is 1. The maximum absolute atomic E-state index is 12.1. The molecule has 0 radical (unpaired) electrons. The van der Waals surface area contributed by atoms with Gasteiger partial charge in [0.25, 0.3) is 5.91 Å². The molecule has 0 unspecified atom stereocenters. The van der Waals surface area contributed by atoms with E-state index < -0.39 is 0 Å². The minimum absolute atomic E-state index is 0.0279. The van der Waals surface area contributed by atoms with E-state index in [1.165, 1.54) is 12.4 Å². The summed E-state index contributed by atoms with van der Waals surface area (Å²) in [5.41, 5.74) is 5.74. The number of anilines is 1. The summed E-state index contributed by atoms with van der Waals surface area (Å²) < 4.78 is 5.45. The van der Waals surface area contributed by atoms with Gasteiger partial charge in [0.05, 0.1) is 31.7 Å². The number of amides is 1. The summed E-state index contributed by atoms with van der Waals surface area (Å²) in [4.78, 5) is 21.7. The van der Waals surface area contributed by atoms with E-state index in [9.17, 15) is 4.79 Å². The zero-order valence-corrected chi connectivity index (χ0v) is 10.7. The first-order valence-corrected chi connectivity index (χ1v) is 6.30. The first-order chi connectivity index (χ1) is 9.20. The number of hydrogen-bond acceptors (Lipinski definition) is 6. The third kappa shape index (κ3) is 3.62. The lowest BCUT2D eigenvalue weighted by molar-refractivity contribution is -0.00565. The van der Waals surface area contributed by atoms with Crippen molar-refractivity contribution in [1.29, 1.82) is 0 Å². The van der Waals surface area contributed by atoms with Gasteiger partial charge in [-0.2, -0.15) is 0 Å². The molecule has 0 aliphatic carbocycles. The third-order valence-electron chi connectivity index (χ3n) is 3.06. The third-order valence-corrected chi connectivity index (χ3v) is 3.06. The molecule has 19 heavy (non-hydrogen) atoms. The Morgan fingerprint density at radius 2 is 2.16 bits per heavy atom. The second kappa shape index (κ2) is 6.44. The highest BCUT2D eigenvalue weighted by molar-refractivity contribution is 5.92. The molecule has 2 rings (SSSR count). The van der Waals surface area contributed by atoms with E-state index in [-0.39, 0.29) is 18.6 Å². The maximum atomic E-state index is 12.1. The molecule has 7 heteroatoms. The Labute approximate surface area is 111 Å². The lowest BCUT2D eigenvalue weighted by atomic mass is 10.1. The van der Waals surface area contributed by atoms with E-state index in [1.807, 2.05) is 0 Å². The molecule has 1 saturated heterocycles. The van der Waals surface area contributed by atoms with Gasteiger partial charge in [-0.05, 0) is 12.8 Å². The number of piperidine rings is 1. The molecule has 0 spiro atoms. The fourth-order valence-corrected chi connectivity index (χ4v) is 2.06. The van der Waals surface area contributed by atoms with Crippen molar-refractivity contribution in [2.45, 2.75) is 18.9 Å². The molecule has 104 valence electrons. The van der Waals surface area contributed by atoms with E-state index >= 15 is 0 Å². The molecule has 3 N–H and O–H groups in total. The monoisotopic (exact) mass is 266 g/mol. The van der Waals surface area contributed by atoms with Crippen molar-refractivity contribution in [3.8, 4) is 0 Å². The number of aromatic nitrogens is 2. The normalized spacial score (nSPS) is 16.6. The molecule has 1 amide bonds. The number of carbonyl (C=O) groups is 1. The molecule has 1 aromatic heterocycles. The summed E-state index contributed by atoms with van der Waals surface area (Å²) >= 11 is 0. The predicted octanol–water partition coefficient (Wildman–Crippen LogP) is -0.328. The molecule has 0 bridgehead atoms. The van der Waals surface area contributed by atoms with Gasteiger partial charge in [-0.1, -0.05) is 0 Å². The highest BCUT2D eigenvalue weighted by atomic mass is 16.5. The number of likely N-dealkylation sites (tertiary alicyclic amines) is 1. The Kier molecular flexibility index (Phi) is 4.64. The number of nitrogens with zero attached hydrogens (tertiary/aromatic N) is 3. The predicted molar refractivity (Wildman–Crippen MR) is 68.4 cm³/mol. The standard InChI is InChI=1S/C12H18N4O3/c13-11-8-14-10(7-15-11)12(18)16-3-1-9(2-4-16)19-6-5-17/h7-9,17H,1-6H2,(H2,13,15). The van der Waals surface area contributed by atoms with Crippen LogP contribution >= 0.6 is 0 Å². The van der Waals surface area contributed by atoms with Gasteiger partial charge in [-0.3, -0.25) is 4.79 Å². The van der Waals surface area contributed by atoms with Gasteiger partial charge in [0.2, 0.25) is 0 Å². The Balaban J connectivity index is 1.87. The SMILES string of the molecule is Nc1cnc(C(=O)N2CCC(OCCO)CC2)cn1. The van der Waals surface area contributed by atoms with Crippen molar-refractivity contribution in [2.24, 2.45) is 0 Å². The minimum Gasteiger partial charge on any atom is -0.394 e.